The van der Waals surface area contributed by atoms with Gasteiger partial charge in [-0.1, -0.05) is 0 Å². The van der Waals surface area contributed by atoms with Gasteiger partial charge in [0.2, 0.25) is 0 Å². The molecule has 2 N–H and O–H groups in total. The summed E-state index contributed by atoms with van der Waals surface area (Å²) in [6.45, 7) is 0. The van der Waals surface area contributed by atoms with Gasteiger partial charge < -0.3 is 10.2 Å². The molecule has 0 rings (SSSR count). The molecule has 5 heavy (non-hydrogen) atoms. The molecule has 0 aromatic rings. The van der Waals surface area contributed by atoms with Crippen molar-refractivity contribution >= 4 is 43.9 Å². The first kappa shape index (κ1) is 9.11. The van der Waals surface area contributed by atoms with Crippen molar-refractivity contribution in [2.75, 3.05) is 0 Å². The van der Waals surface area contributed by atoms with Crippen molar-refractivity contribution in [1.29, 1.82) is 0 Å². The molecule has 0 saturated carbocycles. The molecule has 0 bridgehead atoms. The third kappa shape index (κ3) is 103. The van der Waals surface area contributed by atoms with Gasteiger partial charge in [-0.3, -0.25) is 0 Å². The first-order valence-corrected chi connectivity index (χ1v) is 0.651. The third-order valence-electron chi connectivity index (χ3n) is 0. The second-order valence-electron chi connectivity index (χ2n) is 0.283. The van der Waals surface area contributed by atoms with E-state index in [1.165, 1.54) is 0 Å². The Morgan fingerprint density at radius 2 is 1.40 bits per heavy atom. The van der Waals surface area contributed by atoms with Crippen LogP contribution >= 0.6 is 0 Å². The van der Waals surface area contributed by atoms with E-state index in [4.69, 9.17) is 15.0 Å². The summed E-state index contributed by atoms with van der Waals surface area (Å²) in [6, 6.07) is 0. The average Bonchev–Trinajstić information content (AvgIpc) is 0.811. The fourth-order valence-electron chi connectivity index (χ4n) is 0. The minimum atomic E-state index is -1.83. The molecular weight excluding hydrogens is 100 g/mol. The van der Waals surface area contributed by atoms with Crippen molar-refractivity contribution in [1.82, 2.24) is 0 Å². The molecule has 0 aromatic carbocycles. The van der Waals surface area contributed by atoms with E-state index in [2.05, 4.69) is 0 Å². The standard InChI is InChI=1S/CH2O3.Ca/c2-1(3)4;/h(H2,2,3,4);/q;+2. The van der Waals surface area contributed by atoms with Crippen molar-refractivity contribution < 1.29 is 15.0 Å². The van der Waals surface area contributed by atoms with Crippen molar-refractivity contribution in [2.45, 2.75) is 0 Å². The normalized spacial score (nSPS) is 4.80. The van der Waals surface area contributed by atoms with Gasteiger partial charge in [0.15, 0.2) is 0 Å². The van der Waals surface area contributed by atoms with E-state index in [-0.39, 0.29) is 37.7 Å². The number of rotatable bonds is 0. The molecule has 0 amide bonds. The van der Waals surface area contributed by atoms with Crippen molar-refractivity contribution in [2.24, 2.45) is 0 Å². The molecule has 0 aliphatic rings. The van der Waals surface area contributed by atoms with Crippen LogP contribution in [-0.2, 0) is 0 Å². The van der Waals surface area contributed by atoms with Crippen LogP contribution < -0.4 is 0 Å². The van der Waals surface area contributed by atoms with E-state index >= 15 is 0 Å². The van der Waals surface area contributed by atoms with E-state index in [1.54, 1.807) is 0 Å². The number of hydrogen-bond acceptors (Lipinski definition) is 1. The van der Waals surface area contributed by atoms with Crippen molar-refractivity contribution in [3.8, 4) is 0 Å². The molecule has 0 atom stereocenters. The Morgan fingerprint density at radius 3 is 1.40 bits per heavy atom. The van der Waals surface area contributed by atoms with Crippen LogP contribution in [0.2, 0.25) is 0 Å². The number of carboxylic acid groups (broad SMARTS) is 2. The van der Waals surface area contributed by atoms with Gasteiger partial charge in [0.1, 0.15) is 0 Å². The smallest absolute Gasteiger partial charge is 0.450 e. The molecule has 0 heterocycles. The molecule has 24 valence electrons. The predicted molar refractivity (Wildman–Crippen MR) is 16.4 cm³/mol. The zero-order valence-electron chi connectivity index (χ0n) is 2.51. The number of hydrogen-bond donors (Lipinski definition) is 2. The maximum atomic E-state index is 8.56. The fourth-order valence-corrected chi connectivity index (χ4v) is 0. The monoisotopic (exact) mass is 102 g/mol. The molecule has 3 nitrogen and oxygen atoms in total. The molecule has 0 aliphatic carbocycles. The van der Waals surface area contributed by atoms with Gasteiger partial charge >= 0.3 is 43.9 Å². The minimum absolute atomic E-state index is 0. The Morgan fingerprint density at radius 1 is 1.40 bits per heavy atom. The Hall–Kier alpha value is 0.530. The van der Waals surface area contributed by atoms with Gasteiger partial charge in [0, 0.05) is 0 Å². The summed E-state index contributed by atoms with van der Waals surface area (Å²) in [5.74, 6) is 0. The van der Waals surface area contributed by atoms with Crippen LogP contribution in [-0.4, -0.2) is 54.1 Å². The maximum absolute atomic E-state index is 8.56. The molecular formula is CH2CaO3+2. The van der Waals surface area contributed by atoms with E-state index in [0.29, 0.717) is 0 Å². The average molecular weight is 102 g/mol. The van der Waals surface area contributed by atoms with Crippen LogP contribution in [0, 0.1) is 0 Å². The molecule has 0 saturated heterocycles. The Balaban J connectivity index is 0. The van der Waals surface area contributed by atoms with Crippen molar-refractivity contribution in [3.63, 3.8) is 0 Å². The molecule has 0 aromatic heterocycles. The second-order valence-corrected chi connectivity index (χ2v) is 0.283. The summed E-state index contributed by atoms with van der Waals surface area (Å²) in [4.78, 5) is 8.56. The first-order valence-electron chi connectivity index (χ1n) is 0.651. The van der Waals surface area contributed by atoms with E-state index in [9.17, 15) is 0 Å². The van der Waals surface area contributed by atoms with Gasteiger partial charge in [-0.05, 0) is 0 Å². The van der Waals surface area contributed by atoms with Gasteiger partial charge in [0.05, 0.1) is 0 Å². The number of carbonyl (C=O) groups is 1. The van der Waals surface area contributed by atoms with Gasteiger partial charge in [-0.15, -0.1) is 0 Å². The Labute approximate surface area is 58.6 Å². The van der Waals surface area contributed by atoms with E-state index < -0.39 is 6.16 Å². The molecule has 4 heteroatoms. The van der Waals surface area contributed by atoms with E-state index in [1.807, 2.05) is 0 Å². The topological polar surface area (TPSA) is 57.5 Å². The molecule has 0 radical (unpaired) electrons. The Bertz CT molecular complexity index is 29.9. The quantitative estimate of drug-likeness (QED) is 0.418. The van der Waals surface area contributed by atoms with Crippen LogP contribution in [0.4, 0.5) is 4.79 Å². The zero-order valence-corrected chi connectivity index (χ0v) is 4.72. The minimum Gasteiger partial charge on any atom is -0.450 e. The molecule has 0 spiro atoms. The summed E-state index contributed by atoms with van der Waals surface area (Å²) in [7, 11) is 0. The fraction of sp³-hybridized carbons (Fsp3) is 0. The zero-order chi connectivity index (χ0) is 3.58. The molecule has 0 unspecified atom stereocenters. The summed E-state index contributed by atoms with van der Waals surface area (Å²) >= 11 is 0. The van der Waals surface area contributed by atoms with Crippen LogP contribution in [0.25, 0.3) is 0 Å². The third-order valence-corrected chi connectivity index (χ3v) is 0. The van der Waals surface area contributed by atoms with Gasteiger partial charge in [-0.25, -0.2) is 4.79 Å². The second kappa shape index (κ2) is 4.53. The van der Waals surface area contributed by atoms with Crippen LogP contribution in [0.3, 0.4) is 0 Å². The van der Waals surface area contributed by atoms with E-state index in [0.717, 1.165) is 0 Å². The summed E-state index contributed by atoms with van der Waals surface area (Å²) in [5, 5.41) is 13.9. The van der Waals surface area contributed by atoms with Gasteiger partial charge in [-0.2, -0.15) is 0 Å². The SMILES string of the molecule is O=C(O)O.[Ca+2]. The van der Waals surface area contributed by atoms with Crippen LogP contribution in [0.15, 0.2) is 0 Å². The first-order chi connectivity index (χ1) is 1.73. The largest absolute Gasteiger partial charge is 2.00 e. The van der Waals surface area contributed by atoms with Crippen LogP contribution in [0.1, 0.15) is 0 Å². The summed E-state index contributed by atoms with van der Waals surface area (Å²) < 4.78 is 0. The van der Waals surface area contributed by atoms with Crippen LogP contribution in [0.5, 0.6) is 0 Å². The van der Waals surface area contributed by atoms with Gasteiger partial charge in [0.25, 0.3) is 0 Å². The maximum Gasteiger partial charge on any atom is 2.00 e. The van der Waals surface area contributed by atoms with Crippen molar-refractivity contribution in [3.05, 3.63) is 0 Å². The predicted octanol–water partition coefficient (Wildman–Crippen LogP) is -0.158. The summed E-state index contributed by atoms with van der Waals surface area (Å²) in [6.07, 6.45) is -1.83. The molecule has 0 aliphatic heterocycles. The summed E-state index contributed by atoms with van der Waals surface area (Å²) in [5.41, 5.74) is 0. The Kier molecular flexibility index (Phi) is 8.25. The molecule has 0 fully saturated rings.